The van der Waals surface area contributed by atoms with Crippen molar-refractivity contribution in [1.82, 2.24) is 14.6 Å². The Bertz CT molecular complexity index is 1390. The fraction of sp³-hybridized carbons (Fsp3) is 0.296. The smallest absolute Gasteiger partial charge is 0.166 e. The Kier molecular flexibility index (Phi) is 6.13. The summed E-state index contributed by atoms with van der Waals surface area (Å²) >= 11 is 0. The molecule has 0 radical (unpaired) electrons. The highest BCUT2D eigenvalue weighted by atomic mass is 16.5. The second-order valence-electron chi connectivity index (χ2n) is 8.50. The normalized spacial score (nSPS) is 15.2. The Hall–Kier alpha value is -3.91. The van der Waals surface area contributed by atoms with Gasteiger partial charge < -0.3 is 18.9 Å². The number of ketones is 1. The molecule has 2 heterocycles. The molecule has 2 aromatic heterocycles. The van der Waals surface area contributed by atoms with Gasteiger partial charge >= 0.3 is 0 Å². The summed E-state index contributed by atoms with van der Waals surface area (Å²) in [5.41, 5.74) is 5.62. The van der Waals surface area contributed by atoms with Gasteiger partial charge in [-0.15, -0.1) is 0 Å². The first kappa shape index (κ1) is 22.9. The standard InChI is InChI=1S/C27H27N3O5/c1-32-15-22-26(17-7-10-24(34-3)25(13-17)35-4)27-28-21-11-18(16-5-8-19(33-2)9-6-16)12-23(31)20(21)14-30(27)29-22/h5-10,13-14,18H,11-12,15H2,1-4H3. The molecule has 5 rings (SSSR count). The predicted octanol–water partition coefficient (Wildman–Crippen LogP) is 4.48. The van der Waals surface area contributed by atoms with Crippen molar-refractivity contribution in [2.75, 3.05) is 28.4 Å². The van der Waals surface area contributed by atoms with Crippen LogP contribution in [-0.2, 0) is 17.8 Å². The fourth-order valence-electron chi connectivity index (χ4n) is 4.72. The quantitative estimate of drug-likeness (QED) is 0.391. The third kappa shape index (κ3) is 4.10. The highest BCUT2D eigenvalue weighted by molar-refractivity contribution is 5.99. The van der Waals surface area contributed by atoms with Crippen molar-refractivity contribution in [1.29, 1.82) is 0 Å². The number of hydrogen-bond acceptors (Lipinski definition) is 7. The van der Waals surface area contributed by atoms with Crippen LogP contribution >= 0.6 is 0 Å². The Morgan fingerprint density at radius 1 is 0.943 bits per heavy atom. The maximum Gasteiger partial charge on any atom is 0.166 e. The lowest BCUT2D eigenvalue weighted by Crippen LogP contribution is -2.21. The van der Waals surface area contributed by atoms with Crippen LogP contribution in [0.3, 0.4) is 0 Å². The highest BCUT2D eigenvalue weighted by Crippen LogP contribution is 2.38. The second kappa shape index (κ2) is 9.38. The van der Waals surface area contributed by atoms with E-state index in [1.807, 2.05) is 42.5 Å². The number of carbonyl (C=O) groups is 1. The largest absolute Gasteiger partial charge is 0.497 e. The second-order valence-corrected chi connectivity index (χ2v) is 8.50. The Morgan fingerprint density at radius 3 is 2.40 bits per heavy atom. The van der Waals surface area contributed by atoms with Crippen molar-refractivity contribution in [3.63, 3.8) is 0 Å². The molecule has 8 heteroatoms. The average molecular weight is 474 g/mol. The summed E-state index contributed by atoms with van der Waals surface area (Å²) in [6.07, 6.45) is 2.90. The molecule has 1 aliphatic carbocycles. The number of ether oxygens (including phenoxy) is 4. The molecule has 0 saturated carbocycles. The Morgan fingerprint density at radius 2 is 1.71 bits per heavy atom. The summed E-state index contributed by atoms with van der Waals surface area (Å²) in [5, 5.41) is 4.71. The summed E-state index contributed by atoms with van der Waals surface area (Å²) in [6, 6.07) is 13.6. The summed E-state index contributed by atoms with van der Waals surface area (Å²) in [7, 11) is 6.48. The molecular weight excluding hydrogens is 446 g/mol. The van der Waals surface area contributed by atoms with Crippen LogP contribution in [0.4, 0.5) is 0 Å². The van der Waals surface area contributed by atoms with Gasteiger partial charge in [-0.2, -0.15) is 5.10 Å². The van der Waals surface area contributed by atoms with Crippen LogP contribution in [0.15, 0.2) is 48.7 Å². The first-order chi connectivity index (χ1) is 17.1. The van der Waals surface area contributed by atoms with E-state index in [0.717, 1.165) is 33.8 Å². The van der Waals surface area contributed by atoms with Gasteiger partial charge in [-0.25, -0.2) is 9.50 Å². The maximum atomic E-state index is 13.1. The predicted molar refractivity (Wildman–Crippen MR) is 131 cm³/mol. The van der Waals surface area contributed by atoms with Crippen LogP contribution in [0.25, 0.3) is 16.8 Å². The van der Waals surface area contributed by atoms with Crippen LogP contribution in [0.2, 0.25) is 0 Å². The van der Waals surface area contributed by atoms with Gasteiger partial charge in [-0.3, -0.25) is 4.79 Å². The lowest BCUT2D eigenvalue weighted by molar-refractivity contribution is 0.0962. The zero-order valence-electron chi connectivity index (χ0n) is 20.2. The molecule has 0 saturated heterocycles. The number of carbonyl (C=O) groups excluding carboxylic acids is 1. The molecule has 0 fully saturated rings. The first-order valence-electron chi connectivity index (χ1n) is 11.4. The van der Waals surface area contributed by atoms with Gasteiger partial charge in [-0.1, -0.05) is 18.2 Å². The fourth-order valence-corrected chi connectivity index (χ4v) is 4.72. The molecule has 0 spiro atoms. The van der Waals surface area contributed by atoms with E-state index in [1.165, 1.54) is 0 Å². The van der Waals surface area contributed by atoms with E-state index in [1.54, 1.807) is 39.2 Å². The molecule has 1 atom stereocenters. The number of methoxy groups -OCH3 is 4. The third-order valence-electron chi connectivity index (χ3n) is 6.47. The van der Waals surface area contributed by atoms with Crippen LogP contribution in [0, 0.1) is 0 Å². The van der Waals surface area contributed by atoms with Crippen molar-refractivity contribution in [3.8, 4) is 28.4 Å². The summed E-state index contributed by atoms with van der Waals surface area (Å²) in [6.45, 7) is 0.306. The van der Waals surface area contributed by atoms with Gasteiger partial charge in [0.15, 0.2) is 22.9 Å². The zero-order chi connectivity index (χ0) is 24.5. The van der Waals surface area contributed by atoms with Gasteiger partial charge in [0.2, 0.25) is 0 Å². The van der Waals surface area contributed by atoms with E-state index in [2.05, 4.69) is 0 Å². The van der Waals surface area contributed by atoms with E-state index < -0.39 is 0 Å². The number of hydrogen-bond donors (Lipinski definition) is 0. The molecule has 1 aliphatic rings. The average Bonchev–Trinajstić information content (AvgIpc) is 3.24. The molecule has 4 aromatic rings. The summed E-state index contributed by atoms with van der Waals surface area (Å²) < 4.78 is 23.3. The first-order valence-corrected chi connectivity index (χ1v) is 11.4. The molecule has 0 N–H and O–H groups in total. The van der Waals surface area contributed by atoms with Crippen molar-refractivity contribution < 1.29 is 23.7 Å². The van der Waals surface area contributed by atoms with Gasteiger partial charge in [-0.05, 0) is 47.7 Å². The minimum absolute atomic E-state index is 0.0572. The Balaban J connectivity index is 1.62. The van der Waals surface area contributed by atoms with Crippen LogP contribution < -0.4 is 14.2 Å². The van der Waals surface area contributed by atoms with Gasteiger partial charge in [0.05, 0.1) is 50.5 Å². The minimum atomic E-state index is 0.0572. The van der Waals surface area contributed by atoms with E-state index in [4.69, 9.17) is 29.0 Å². The molecule has 2 aromatic carbocycles. The number of benzene rings is 2. The number of Topliss-reactive ketones (excluding diaryl/α,β-unsaturated/α-hetero) is 1. The van der Waals surface area contributed by atoms with Crippen LogP contribution in [0.5, 0.6) is 17.2 Å². The lowest BCUT2D eigenvalue weighted by Gasteiger charge is -2.23. The topological polar surface area (TPSA) is 84.2 Å². The van der Waals surface area contributed by atoms with Gasteiger partial charge in [0.25, 0.3) is 0 Å². The number of fused-ring (bicyclic) bond motifs is 2. The summed E-state index contributed by atoms with van der Waals surface area (Å²) in [5.74, 6) is 2.17. The maximum absolute atomic E-state index is 13.1. The molecule has 35 heavy (non-hydrogen) atoms. The zero-order valence-corrected chi connectivity index (χ0v) is 20.2. The van der Waals surface area contributed by atoms with E-state index in [9.17, 15) is 4.79 Å². The van der Waals surface area contributed by atoms with Crippen molar-refractivity contribution in [2.24, 2.45) is 0 Å². The monoisotopic (exact) mass is 473 g/mol. The van der Waals surface area contributed by atoms with Crippen molar-refractivity contribution in [3.05, 3.63) is 71.2 Å². The van der Waals surface area contributed by atoms with Gasteiger partial charge in [0.1, 0.15) is 5.75 Å². The third-order valence-corrected chi connectivity index (χ3v) is 6.47. The number of aromatic nitrogens is 3. The highest BCUT2D eigenvalue weighted by Gasteiger charge is 2.29. The molecular formula is C27H27N3O5. The van der Waals surface area contributed by atoms with E-state index >= 15 is 0 Å². The number of rotatable bonds is 7. The molecule has 1 unspecified atom stereocenters. The van der Waals surface area contributed by atoms with Gasteiger partial charge in [0, 0.05) is 19.7 Å². The molecule has 0 bridgehead atoms. The Labute approximate surface area is 203 Å². The summed E-state index contributed by atoms with van der Waals surface area (Å²) in [4.78, 5) is 18.1. The SMILES string of the molecule is COCc1nn2cc3c(nc2c1-c1ccc(OC)c(OC)c1)CC(c1ccc(OC)cc1)CC3=O. The van der Waals surface area contributed by atoms with Crippen LogP contribution in [0.1, 0.15) is 39.6 Å². The number of nitrogens with zero attached hydrogens (tertiary/aromatic N) is 3. The molecule has 180 valence electrons. The van der Waals surface area contributed by atoms with Crippen LogP contribution in [-0.4, -0.2) is 48.8 Å². The van der Waals surface area contributed by atoms with E-state index in [-0.39, 0.29) is 11.7 Å². The van der Waals surface area contributed by atoms with Crippen molar-refractivity contribution >= 4 is 11.4 Å². The lowest BCUT2D eigenvalue weighted by atomic mass is 9.82. The molecule has 0 aliphatic heterocycles. The minimum Gasteiger partial charge on any atom is -0.497 e. The van der Waals surface area contributed by atoms with E-state index in [0.29, 0.717) is 42.2 Å². The van der Waals surface area contributed by atoms with Crippen molar-refractivity contribution in [2.45, 2.75) is 25.4 Å². The molecule has 0 amide bonds. The molecule has 8 nitrogen and oxygen atoms in total.